The normalized spacial score (nSPS) is 36.0. The zero-order valence-corrected chi connectivity index (χ0v) is 14.1. The molecule has 0 bridgehead atoms. The molecular formula is C18H26O4. The molecule has 4 atom stereocenters. The van der Waals surface area contributed by atoms with Gasteiger partial charge < -0.3 is 4.74 Å². The van der Waals surface area contributed by atoms with Crippen molar-refractivity contribution in [1.29, 1.82) is 0 Å². The van der Waals surface area contributed by atoms with Crippen molar-refractivity contribution in [2.75, 3.05) is 6.61 Å². The number of cyclic esters (lactones) is 1. The van der Waals surface area contributed by atoms with E-state index in [-0.39, 0.29) is 35.9 Å². The molecule has 0 radical (unpaired) electrons. The van der Waals surface area contributed by atoms with Crippen molar-refractivity contribution in [3.8, 4) is 0 Å². The van der Waals surface area contributed by atoms with Crippen LogP contribution in [0.5, 0.6) is 0 Å². The lowest BCUT2D eigenvalue weighted by atomic mass is 9.90. The predicted molar refractivity (Wildman–Crippen MR) is 85.1 cm³/mol. The number of rotatable bonds is 0. The van der Waals surface area contributed by atoms with Crippen LogP contribution in [0, 0.1) is 23.7 Å². The monoisotopic (exact) mass is 306 g/mol. The lowest BCUT2D eigenvalue weighted by molar-refractivity contribution is -0.151. The van der Waals surface area contributed by atoms with E-state index in [4.69, 9.17) is 4.74 Å². The number of Topliss-reactive ketones (excluding diaryl/α,β-unsaturated/α-hetero) is 1. The fraction of sp³-hybridized carbons (Fsp3) is 0.611. The van der Waals surface area contributed by atoms with Crippen LogP contribution in [0.4, 0.5) is 0 Å². The fourth-order valence-corrected chi connectivity index (χ4v) is 2.52. The van der Waals surface area contributed by atoms with Gasteiger partial charge in [0, 0.05) is 11.8 Å². The summed E-state index contributed by atoms with van der Waals surface area (Å²) >= 11 is 0. The first kappa shape index (κ1) is 18.3. The zero-order valence-electron chi connectivity index (χ0n) is 14.1. The van der Waals surface area contributed by atoms with Gasteiger partial charge in [-0.1, -0.05) is 32.9 Å². The fourth-order valence-electron chi connectivity index (χ4n) is 2.52. The molecule has 0 amide bonds. The van der Waals surface area contributed by atoms with Crippen molar-refractivity contribution in [2.45, 2.75) is 41.0 Å². The molecule has 1 aliphatic rings. The Morgan fingerprint density at radius 3 is 2.32 bits per heavy atom. The highest BCUT2D eigenvalue weighted by molar-refractivity contribution is 6.07. The SMILES string of the molecule is C/C1=C/C(C)CC(C)C(=O)/C=C\C(C)COC(=O)C(C)C1=O. The van der Waals surface area contributed by atoms with Gasteiger partial charge in [0.2, 0.25) is 0 Å². The minimum atomic E-state index is -0.790. The first-order chi connectivity index (χ1) is 10.2. The molecule has 0 aromatic rings. The minimum absolute atomic E-state index is 0.0561. The van der Waals surface area contributed by atoms with Gasteiger partial charge in [-0.25, -0.2) is 0 Å². The Balaban J connectivity index is 3.02. The molecule has 0 aliphatic carbocycles. The quantitative estimate of drug-likeness (QED) is 0.509. The Bertz CT molecular complexity index is 501. The average Bonchev–Trinajstić information content (AvgIpc) is 2.47. The molecule has 22 heavy (non-hydrogen) atoms. The summed E-state index contributed by atoms with van der Waals surface area (Å²) in [6.45, 7) is 9.20. The Hall–Kier alpha value is -1.71. The smallest absolute Gasteiger partial charge is 0.316 e. The number of allylic oxidation sites excluding steroid dienone is 3. The van der Waals surface area contributed by atoms with Gasteiger partial charge in [0.15, 0.2) is 11.6 Å². The van der Waals surface area contributed by atoms with E-state index in [2.05, 4.69) is 0 Å². The summed E-state index contributed by atoms with van der Waals surface area (Å²) < 4.78 is 5.17. The predicted octanol–water partition coefficient (Wildman–Crippen LogP) is 3.12. The first-order valence-electron chi connectivity index (χ1n) is 7.83. The summed E-state index contributed by atoms with van der Waals surface area (Å²) in [7, 11) is 0. The van der Waals surface area contributed by atoms with Gasteiger partial charge in [0.05, 0.1) is 6.61 Å². The Kier molecular flexibility index (Phi) is 6.72. The van der Waals surface area contributed by atoms with Crippen molar-refractivity contribution in [2.24, 2.45) is 23.7 Å². The summed E-state index contributed by atoms with van der Waals surface area (Å²) in [6, 6.07) is 0. The largest absolute Gasteiger partial charge is 0.465 e. The van der Waals surface area contributed by atoms with Crippen molar-refractivity contribution in [3.05, 3.63) is 23.8 Å². The van der Waals surface area contributed by atoms with E-state index in [1.165, 1.54) is 0 Å². The molecular weight excluding hydrogens is 280 g/mol. The number of carbonyl (C=O) groups excluding carboxylic acids is 3. The van der Waals surface area contributed by atoms with E-state index >= 15 is 0 Å². The molecule has 0 N–H and O–H groups in total. The lowest BCUT2D eigenvalue weighted by Crippen LogP contribution is -2.26. The second-order valence-electron chi connectivity index (χ2n) is 6.42. The molecule has 1 rings (SSSR count). The summed E-state index contributed by atoms with van der Waals surface area (Å²) in [5.74, 6) is -1.51. The minimum Gasteiger partial charge on any atom is -0.465 e. The molecule has 0 spiro atoms. The van der Waals surface area contributed by atoms with Crippen molar-refractivity contribution in [3.63, 3.8) is 0 Å². The number of hydrogen-bond acceptors (Lipinski definition) is 4. The van der Waals surface area contributed by atoms with Gasteiger partial charge in [-0.05, 0) is 37.8 Å². The molecule has 1 heterocycles. The van der Waals surface area contributed by atoms with Crippen LogP contribution in [0.25, 0.3) is 0 Å². The number of hydrogen-bond donors (Lipinski definition) is 0. The third kappa shape index (κ3) is 5.24. The highest BCUT2D eigenvalue weighted by Crippen LogP contribution is 2.19. The Morgan fingerprint density at radius 2 is 1.68 bits per heavy atom. The van der Waals surface area contributed by atoms with Crippen LogP contribution in [-0.4, -0.2) is 24.1 Å². The van der Waals surface area contributed by atoms with Gasteiger partial charge >= 0.3 is 5.97 Å². The Morgan fingerprint density at radius 1 is 1.05 bits per heavy atom. The maximum absolute atomic E-state index is 12.2. The number of ether oxygens (including phenoxy) is 1. The molecule has 122 valence electrons. The molecule has 0 saturated heterocycles. The number of ketones is 2. The van der Waals surface area contributed by atoms with Crippen LogP contribution in [0.1, 0.15) is 41.0 Å². The maximum atomic E-state index is 12.2. The van der Waals surface area contributed by atoms with Crippen molar-refractivity contribution in [1.82, 2.24) is 0 Å². The highest BCUT2D eigenvalue weighted by Gasteiger charge is 2.25. The molecule has 4 unspecified atom stereocenters. The van der Waals surface area contributed by atoms with Crippen molar-refractivity contribution < 1.29 is 19.1 Å². The zero-order chi connectivity index (χ0) is 16.9. The van der Waals surface area contributed by atoms with Crippen molar-refractivity contribution >= 4 is 17.5 Å². The van der Waals surface area contributed by atoms with Crippen LogP contribution in [0.2, 0.25) is 0 Å². The van der Waals surface area contributed by atoms with Crippen LogP contribution < -0.4 is 0 Å². The molecule has 0 fully saturated rings. The van der Waals surface area contributed by atoms with Gasteiger partial charge in [0.1, 0.15) is 5.92 Å². The van der Waals surface area contributed by atoms with E-state index < -0.39 is 11.9 Å². The molecule has 0 aromatic heterocycles. The lowest BCUT2D eigenvalue weighted by Gasteiger charge is -2.16. The second kappa shape index (κ2) is 8.06. The molecule has 0 aromatic carbocycles. The van der Waals surface area contributed by atoms with E-state index in [1.807, 2.05) is 26.8 Å². The maximum Gasteiger partial charge on any atom is 0.316 e. The number of carbonyl (C=O) groups is 3. The molecule has 4 nitrogen and oxygen atoms in total. The Labute approximate surface area is 132 Å². The summed E-state index contributed by atoms with van der Waals surface area (Å²) in [6.07, 6.45) is 5.86. The van der Waals surface area contributed by atoms with Gasteiger partial charge in [0.25, 0.3) is 0 Å². The topological polar surface area (TPSA) is 60.4 Å². The van der Waals surface area contributed by atoms with Crippen LogP contribution in [-0.2, 0) is 19.1 Å². The van der Waals surface area contributed by atoms with Gasteiger partial charge in [-0.15, -0.1) is 0 Å². The van der Waals surface area contributed by atoms with Crippen LogP contribution >= 0.6 is 0 Å². The molecule has 4 heteroatoms. The molecule has 1 aliphatic heterocycles. The van der Waals surface area contributed by atoms with Gasteiger partial charge in [-0.3, -0.25) is 14.4 Å². The third-order valence-corrected chi connectivity index (χ3v) is 3.96. The van der Waals surface area contributed by atoms with E-state index in [1.54, 1.807) is 26.0 Å². The van der Waals surface area contributed by atoms with Gasteiger partial charge in [-0.2, -0.15) is 0 Å². The first-order valence-corrected chi connectivity index (χ1v) is 7.83. The standard InChI is InChI=1S/C18H26O4/c1-11-6-7-16(19)13(3)8-12(2)9-14(4)17(20)15(5)18(21)22-10-11/h6-7,9,11-13,15H,8,10H2,1-5H3/b7-6-,14-9-. The van der Waals surface area contributed by atoms with Crippen LogP contribution in [0.15, 0.2) is 23.8 Å². The van der Waals surface area contributed by atoms with E-state index in [0.29, 0.717) is 12.0 Å². The third-order valence-electron chi connectivity index (χ3n) is 3.96. The average molecular weight is 306 g/mol. The second-order valence-corrected chi connectivity index (χ2v) is 6.42. The summed E-state index contributed by atoms with van der Waals surface area (Å²) in [5, 5.41) is 0. The summed E-state index contributed by atoms with van der Waals surface area (Å²) in [4.78, 5) is 36.2. The van der Waals surface area contributed by atoms with E-state index in [0.717, 1.165) is 0 Å². The van der Waals surface area contributed by atoms with Crippen LogP contribution in [0.3, 0.4) is 0 Å². The van der Waals surface area contributed by atoms with E-state index in [9.17, 15) is 14.4 Å². The number of esters is 1. The highest BCUT2D eigenvalue weighted by atomic mass is 16.5. The summed E-state index contributed by atoms with van der Waals surface area (Å²) in [5.41, 5.74) is 0.553. The molecule has 0 saturated carbocycles.